The van der Waals surface area contributed by atoms with Crippen LogP contribution in [-0.4, -0.2) is 30.8 Å². The smallest absolute Gasteiger partial charge is 0.255 e. The van der Waals surface area contributed by atoms with E-state index in [1.807, 2.05) is 0 Å². The van der Waals surface area contributed by atoms with Crippen LogP contribution < -0.4 is 0 Å². The third-order valence-electron chi connectivity index (χ3n) is 3.07. The number of alkyl halides is 3. The van der Waals surface area contributed by atoms with E-state index in [0.29, 0.717) is 0 Å². The lowest BCUT2D eigenvalue weighted by atomic mass is 10.4. The summed E-state index contributed by atoms with van der Waals surface area (Å²) < 4.78 is 110. The van der Waals surface area contributed by atoms with Crippen LogP contribution in [0.4, 0.5) is 13.2 Å². The average molecular weight is 427 g/mol. The maximum Gasteiger partial charge on any atom is 0.470 e. The lowest BCUT2D eigenvalue weighted by Crippen LogP contribution is -2.38. The minimum atomic E-state index is -6.71. The van der Waals surface area contributed by atoms with Gasteiger partial charge in [0.05, 0.1) is 23.6 Å². The fraction of sp³-hybridized carbons (Fsp3) is 0.0714. The van der Waals surface area contributed by atoms with Crippen molar-refractivity contribution in [1.29, 1.82) is 0 Å². The van der Waals surface area contributed by atoms with Gasteiger partial charge in [0, 0.05) is 9.79 Å². The zero-order valence-electron chi connectivity index (χ0n) is 12.6. The van der Waals surface area contributed by atoms with E-state index in [1.54, 1.807) is 0 Å². The maximum absolute atomic E-state index is 13.0. The predicted molar refractivity (Wildman–Crippen MR) is 85.5 cm³/mol. The molecule has 0 aliphatic heterocycles. The zero-order chi connectivity index (χ0) is 19.8. The Hall–Kier alpha value is -1.92. The molecule has 0 aliphatic rings. The van der Waals surface area contributed by atoms with Crippen LogP contribution in [0, 0.1) is 3.91 Å². The van der Waals surface area contributed by atoms with Gasteiger partial charge >= 0.3 is 5.51 Å². The Bertz CT molecular complexity index is 1020. The zero-order valence-corrected chi connectivity index (χ0v) is 15.0. The normalized spacial score (nSPS) is 13.7. The highest BCUT2D eigenvalue weighted by Gasteiger charge is 2.51. The van der Waals surface area contributed by atoms with E-state index >= 15 is 0 Å². The van der Waals surface area contributed by atoms with Crippen LogP contribution in [0.15, 0.2) is 70.5 Å². The molecule has 0 fully saturated rings. The standard InChI is InChI=1S/C14H10F3O6S3/c15-14(16,17)26(22,23)13(24(18,19)11-7-3-1-4-8-11)25(20,21)12-9-5-2-6-10-12/h1-10H/q-1. The summed E-state index contributed by atoms with van der Waals surface area (Å²) >= 11 is 0. The predicted octanol–water partition coefficient (Wildman–Crippen LogP) is 2.32. The first-order valence-corrected chi connectivity index (χ1v) is 11.1. The van der Waals surface area contributed by atoms with Gasteiger partial charge in [0.15, 0.2) is 9.84 Å². The van der Waals surface area contributed by atoms with E-state index in [4.69, 9.17) is 0 Å². The van der Waals surface area contributed by atoms with E-state index in [2.05, 4.69) is 0 Å². The van der Waals surface area contributed by atoms with E-state index in [9.17, 15) is 38.4 Å². The number of halogens is 3. The number of benzene rings is 2. The molecule has 0 aromatic heterocycles. The molecule has 0 spiro atoms. The summed E-state index contributed by atoms with van der Waals surface area (Å²) in [6, 6.07) is 10.3. The molecule has 0 saturated heterocycles. The molecule has 0 saturated carbocycles. The van der Waals surface area contributed by atoms with E-state index in [0.717, 1.165) is 48.5 Å². The Kier molecular flexibility index (Phi) is 5.23. The summed E-state index contributed by atoms with van der Waals surface area (Å²) in [5.41, 5.74) is -6.13. The molecule has 0 aliphatic carbocycles. The summed E-state index contributed by atoms with van der Waals surface area (Å²) in [7, 11) is -17.8. The third-order valence-corrected chi connectivity index (χ3v) is 10.7. The summed E-state index contributed by atoms with van der Waals surface area (Å²) in [6.07, 6.45) is 0. The Labute approximate surface area is 148 Å². The molecule has 0 radical (unpaired) electrons. The van der Waals surface area contributed by atoms with Gasteiger partial charge in [0.25, 0.3) is 0 Å². The topological polar surface area (TPSA) is 102 Å². The van der Waals surface area contributed by atoms with Gasteiger partial charge in [-0.3, -0.25) is 25.3 Å². The monoisotopic (exact) mass is 427 g/mol. The van der Waals surface area contributed by atoms with Gasteiger partial charge in [-0.2, -0.15) is 13.2 Å². The molecular weight excluding hydrogens is 417 g/mol. The van der Waals surface area contributed by atoms with Crippen LogP contribution in [0.5, 0.6) is 0 Å². The van der Waals surface area contributed by atoms with Crippen molar-refractivity contribution in [3.8, 4) is 0 Å². The van der Waals surface area contributed by atoms with Crippen molar-refractivity contribution in [2.75, 3.05) is 0 Å². The summed E-state index contributed by atoms with van der Waals surface area (Å²) in [5.74, 6) is 0. The van der Waals surface area contributed by atoms with Crippen molar-refractivity contribution in [3.63, 3.8) is 0 Å². The van der Waals surface area contributed by atoms with Crippen molar-refractivity contribution in [3.05, 3.63) is 64.6 Å². The first-order valence-electron chi connectivity index (χ1n) is 6.61. The van der Waals surface area contributed by atoms with Crippen molar-refractivity contribution in [2.45, 2.75) is 15.3 Å². The second-order valence-corrected chi connectivity index (χ2v) is 11.3. The minimum absolute atomic E-state index is 0.793. The number of rotatable bonds is 5. The first kappa shape index (κ1) is 20.4. The van der Waals surface area contributed by atoms with Gasteiger partial charge in [0.2, 0.25) is 0 Å². The molecule has 12 heteroatoms. The van der Waals surface area contributed by atoms with Crippen LogP contribution >= 0.6 is 0 Å². The van der Waals surface area contributed by atoms with Crippen molar-refractivity contribution >= 4 is 29.5 Å². The Morgan fingerprint density at radius 3 is 1.19 bits per heavy atom. The second kappa shape index (κ2) is 6.67. The largest absolute Gasteiger partial charge is 0.470 e. The fourth-order valence-corrected chi connectivity index (χ4v) is 8.71. The van der Waals surface area contributed by atoms with Gasteiger partial charge in [-0.05, 0) is 24.3 Å². The Morgan fingerprint density at radius 1 is 0.615 bits per heavy atom. The highest BCUT2D eigenvalue weighted by Crippen LogP contribution is 2.42. The Morgan fingerprint density at radius 2 is 0.923 bits per heavy atom. The summed E-state index contributed by atoms with van der Waals surface area (Å²) in [5, 5.41) is 0. The number of hydrogen-bond donors (Lipinski definition) is 0. The number of hydrogen-bond acceptors (Lipinski definition) is 6. The number of sulfone groups is 3. The van der Waals surface area contributed by atoms with Crippen LogP contribution in [-0.2, 0) is 29.5 Å². The van der Waals surface area contributed by atoms with Crippen molar-refractivity contribution < 1.29 is 38.4 Å². The van der Waals surface area contributed by atoms with Gasteiger partial charge in [-0.25, -0.2) is 0 Å². The van der Waals surface area contributed by atoms with Crippen LogP contribution in [0.1, 0.15) is 0 Å². The van der Waals surface area contributed by atoms with Gasteiger partial charge in [0.1, 0.15) is 0 Å². The highest BCUT2D eigenvalue weighted by molar-refractivity contribution is 8.29. The highest BCUT2D eigenvalue weighted by atomic mass is 32.3. The molecule has 142 valence electrons. The first-order chi connectivity index (χ1) is 11.8. The summed E-state index contributed by atoms with van der Waals surface area (Å²) in [6.45, 7) is 0. The molecule has 0 unspecified atom stereocenters. The van der Waals surface area contributed by atoms with Gasteiger partial charge < -0.3 is 0 Å². The molecule has 26 heavy (non-hydrogen) atoms. The molecule has 0 amide bonds. The third kappa shape index (κ3) is 3.48. The Balaban J connectivity index is 2.87. The van der Waals surface area contributed by atoms with E-state index in [-0.39, 0.29) is 0 Å². The summed E-state index contributed by atoms with van der Waals surface area (Å²) in [4.78, 5) is -1.80. The fourth-order valence-electron chi connectivity index (χ4n) is 1.92. The van der Waals surface area contributed by atoms with Crippen LogP contribution in [0.25, 0.3) is 0 Å². The molecule has 0 heterocycles. The van der Waals surface area contributed by atoms with Crippen LogP contribution in [0.3, 0.4) is 0 Å². The van der Waals surface area contributed by atoms with Crippen LogP contribution in [0.2, 0.25) is 0 Å². The van der Waals surface area contributed by atoms with E-state index < -0.39 is 48.7 Å². The molecular formula is C14H10F3O6S3-. The van der Waals surface area contributed by atoms with Gasteiger partial charge in [-0.15, -0.1) is 0 Å². The average Bonchev–Trinajstić information content (AvgIpc) is 2.54. The molecule has 2 aromatic carbocycles. The minimum Gasteiger partial charge on any atom is -0.255 e. The molecule has 6 nitrogen and oxygen atoms in total. The van der Waals surface area contributed by atoms with Crippen molar-refractivity contribution in [2.24, 2.45) is 0 Å². The SMILES string of the molecule is O=S(=O)(c1ccccc1)[C-](S(=O)(=O)c1ccccc1)S(=O)(=O)C(F)(F)F. The maximum atomic E-state index is 13.0. The molecule has 0 atom stereocenters. The second-order valence-electron chi connectivity index (χ2n) is 4.83. The van der Waals surface area contributed by atoms with Crippen molar-refractivity contribution in [1.82, 2.24) is 0 Å². The molecule has 2 aromatic rings. The lowest BCUT2D eigenvalue weighted by Gasteiger charge is -2.30. The van der Waals surface area contributed by atoms with E-state index in [1.165, 1.54) is 12.1 Å². The molecule has 2 rings (SSSR count). The quantitative estimate of drug-likeness (QED) is 0.679. The molecule has 0 bridgehead atoms. The molecule has 0 N–H and O–H groups in total. The lowest BCUT2D eigenvalue weighted by molar-refractivity contribution is -0.0427. The van der Waals surface area contributed by atoms with Gasteiger partial charge in [-0.1, -0.05) is 36.4 Å².